The van der Waals surface area contributed by atoms with Gasteiger partial charge in [-0.15, -0.1) is 13.2 Å². The average molecular weight is 633 g/mol. The van der Waals surface area contributed by atoms with Crippen LogP contribution in [0.25, 0.3) is 0 Å². The molecule has 0 saturated carbocycles. The Kier molecular flexibility index (Phi) is 12.2. The minimum absolute atomic E-state index is 0.0991. The number of esters is 1. The van der Waals surface area contributed by atoms with Crippen LogP contribution in [0.4, 0.5) is 0 Å². The molecule has 0 aromatic rings. The fraction of sp³-hybridized carbons (Fsp3) is 0.758. The fourth-order valence-corrected chi connectivity index (χ4v) is 7.41. The van der Waals surface area contributed by atoms with Gasteiger partial charge in [-0.25, -0.2) is 0 Å². The van der Waals surface area contributed by atoms with Crippen LogP contribution in [0, 0.1) is 17.8 Å². The molecule has 8 atom stereocenters. The van der Waals surface area contributed by atoms with Crippen molar-refractivity contribution in [1.29, 1.82) is 0 Å². The number of likely N-dealkylation sites (tertiary alicyclic amines) is 1. The molecule has 252 valence electrons. The molecular weight excluding hydrogens is 580 g/mol. The Morgan fingerprint density at radius 1 is 1.22 bits per heavy atom. The molecular formula is C33H52N4O8. The van der Waals surface area contributed by atoms with E-state index in [0.29, 0.717) is 65.0 Å². The van der Waals surface area contributed by atoms with Gasteiger partial charge in [0, 0.05) is 39.1 Å². The van der Waals surface area contributed by atoms with Crippen molar-refractivity contribution in [2.45, 2.75) is 82.8 Å². The number of morpholine rings is 1. The summed E-state index contributed by atoms with van der Waals surface area (Å²) in [5.74, 6) is -3.24. The number of nitrogens with zero attached hydrogens (tertiary/aromatic N) is 3. The van der Waals surface area contributed by atoms with E-state index in [1.165, 1.54) is 4.90 Å². The van der Waals surface area contributed by atoms with Crippen LogP contribution in [-0.4, -0.2) is 132 Å². The molecule has 4 aliphatic rings. The van der Waals surface area contributed by atoms with E-state index < -0.39 is 47.7 Å². The summed E-state index contributed by atoms with van der Waals surface area (Å²) < 4.78 is 17.8. The Hall–Kier alpha value is -2.80. The zero-order valence-corrected chi connectivity index (χ0v) is 27.2. The lowest BCUT2D eigenvalue weighted by Gasteiger charge is -2.41. The van der Waals surface area contributed by atoms with E-state index in [4.69, 9.17) is 14.2 Å². The van der Waals surface area contributed by atoms with Crippen molar-refractivity contribution < 1.29 is 38.5 Å². The van der Waals surface area contributed by atoms with Crippen LogP contribution in [0.2, 0.25) is 0 Å². The summed E-state index contributed by atoms with van der Waals surface area (Å²) in [6.07, 6.45) is 4.64. The summed E-state index contributed by atoms with van der Waals surface area (Å²) >= 11 is 0. The second kappa shape index (κ2) is 15.7. The number of aliphatic hydroxyl groups excluding tert-OH is 1. The monoisotopic (exact) mass is 632 g/mol. The Balaban J connectivity index is 1.59. The van der Waals surface area contributed by atoms with Gasteiger partial charge in [0.2, 0.25) is 17.7 Å². The molecule has 12 nitrogen and oxygen atoms in total. The number of hydrogen-bond donors (Lipinski definition) is 2. The highest BCUT2D eigenvalue weighted by Gasteiger charge is 2.75. The van der Waals surface area contributed by atoms with E-state index >= 15 is 0 Å². The third kappa shape index (κ3) is 7.29. The van der Waals surface area contributed by atoms with Gasteiger partial charge in [-0.05, 0) is 32.1 Å². The predicted molar refractivity (Wildman–Crippen MR) is 167 cm³/mol. The van der Waals surface area contributed by atoms with Crippen LogP contribution < -0.4 is 5.32 Å². The molecule has 4 heterocycles. The molecule has 0 unspecified atom stereocenters. The molecule has 12 heteroatoms. The number of ether oxygens (including phenoxy) is 3. The lowest BCUT2D eigenvalue weighted by molar-refractivity contribution is -0.160. The van der Waals surface area contributed by atoms with Gasteiger partial charge in [-0.3, -0.25) is 24.1 Å². The molecule has 45 heavy (non-hydrogen) atoms. The third-order valence-electron chi connectivity index (χ3n) is 10.0. The Bertz CT molecular complexity index is 1100. The van der Waals surface area contributed by atoms with Crippen molar-refractivity contribution in [1.82, 2.24) is 20.0 Å². The first-order valence-corrected chi connectivity index (χ1v) is 16.5. The number of carbonyl (C=O) groups is 4. The largest absolute Gasteiger partial charge is 0.460 e. The van der Waals surface area contributed by atoms with Gasteiger partial charge >= 0.3 is 5.97 Å². The zero-order valence-electron chi connectivity index (χ0n) is 27.2. The maximum absolute atomic E-state index is 14.6. The quantitative estimate of drug-likeness (QED) is 0.179. The molecule has 2 N–H and O–H groups in total. The molecule has 0 aliphatic carbocycles. The number of amides is 3. The number of hydrogen-bond acceptors (Lipinski definition) is 9. The average Bonchev–Trinajstić information content (AvgIpc) is 3.69. The minimum Gasteiger partial charge on any atom is -0.460 e. The first kappa shape index (κ1) is 35.1. The van der Waals surface area contributed by atoms with Crippen LogP contribution in [0.1, 0.15) is 52.9 Å². The topological polar surface area (TPSA) is 138 Å². The van der Waals surface area contributed by atoms with E-state index in [9.17, 15) is 24.3 Å². The predicted octanol–water partition coefficient (Wildman–Crippen LogP) is 1.13. The highest BCUT2D eigenvalue weighted by Crippen LogP contribution is 2.59. The van der Waals surface area contributed by atoms with E-state index in [1.54, 1.807) is 24.0 Å². The van der Waals surface area contributed by atoms with Crippen LogP contribution in [-0.2, 0) is 33.4 Å². The van der Waals surface area contributed by atoms with Gasteiger partial charge in [-0.2, -0.15) is 0 Å². The molecule has 0 radical (unpaired) electrons. The highest BCUT2D eigenvalue weighted by atomic mass is 16.6. The standard InChI is InChI=1S/C33H52N4O8/c1-6-9-10-26(39)34-20-23(5)44-32(42)27-25-11-12-33(45-25)28(27)30(40)37(24(21-38)22(4)8-3)29(33)31(41)36(13-7-2)15-14-35-16-18-43-19-17-35/h6-7,22-25,27-29,38H,1-2,8-21H2,3-5H3,(H,34,39)/t22-,23+,24-,25-,27+,28+,29-,33+/m0/s1. The number of fused-ring (bicyclic) bond motifs is 1. The number of aliphatic hydroxyl groups is 1. The van der Waals surface area contributed by atoms with Crippen molar-refractivity contribution in [2.24, 2.45) is 17.8 Å². The summed E-state index contributed by atoms with van der Waals surface area (Å²) in [5.41, 5.74) is -1.20. The summed E-state index contributed by atoms with van der Waals surface area (Å²) in [6.45, 7) is 17.2. The number of rotatable bonds is 17. The van der Waals surface area contributed by atoms with Crippen LogP contribution >= 0.6 is 0 Å². The molecule has 2 bridgehead atoms. The normalized spacial score (nSPS) is 29.5. The van der Waals surface area contributed by atoms with Gasteiger partial charge in [-0.1, -0.05) is 32.4 Å². The van der Waals surface area contributed by atoms with Crippen molar-refractivity contribution in [3.8, 4) is 0 Å². The zero-order chi connectivity index (χ0) is 32.7. The Morgan fingerprint density at radius 2 is 1.96 bits per heavy atom. The summed E-state index contributed by atoms with van der Waals surface area (Å²) in [4.78, 5) is 60.3. The first-order valence-electron chi connectivity index (χ1n) is 16.5. The maximum Gasteiger partial charge on any atom is 0.312 e. The van der Waals surface area contributed by atoms with Crippen molar-refractivity contribution in [2.75, 3.05) is 59.1 Å². The van der Waals surface area contributed by atoms with Gasteiger partial charge in [0.05, 0.1) is 50.3 Å². The molecule has 0 aromatic heterocycles. The second-order valence-corrected chi connectivity index (χ2v) is 12.8. The molecule has 4 saturated heterocycles. The summed E-state index contributed by atoms with van der Waals surface area (Å²) in [7, 11) is 0. The minimum atomic E-state index is -1.20. The van der Waals surface area contributed by atoms with E-state index in [0.717, 1.165) is 13.1 Å². The van der Waals surface area contributed by atoms with E-state index in [-0.39, 0.29) is 36.8 Å². The van der Waals surface area contributed by atoms with Gasteiger partial charge in [0.1, 0.15) is 17.7 Å². The van der Waals surface area contributed by atoms with E-state index in [1.807, 2.05) is 13.8 Å². The second-order valence-electron chi connectivity index (χ2n) is 12.8. The summed E-state index contributed by atoms with van der Waals surface area (Å²) in [6, 6.07) is -1.61. The van der Waals surface area contributed by atoms with E-state index in [2.05, 4.69) is 23.4 Å². The Morgan fingerprint density at radius 3 is 2.60 bits per heavy atom. The highest BCUT2D eigenvalue weighted by molar-refractivity contribution is 5.98. The Labute approximate surface area is 267 Å². The summed E-state index contributed by atoms with van der Waals surface area (Å²) in [5, 5.41) is 13.3. The molecule has 1 spiro atoms. The van der Waals surface area contributed by atoms with Crippen LogP contribution in [0.5, 0.6) is 0 Å². The molecule has 0 aromatic carbocycles. The maximum atomic E-state index is 14.6. The number of allylic oxidation sites excluding steroid dienone is 1. The van der Waals surface area contributed by atoms with Crippen LogP contribution in [0.15, 0.2) is 25.3 Å². The van der Waals surface area contributed by atoms with Gasteiger partial charge in [0.25, 0.3) is 0 Å². The van der Waals surface area contributed by atoms with Crippen molar-refractivity contribution >= 4 is 23.7 Å². The lowest BCUT2D eigenvalue weighted by Crippen LogP contribution is -2.60. The van der Waals surface area contributed by atoms with Crippen molar-refractivity contribution in [3.05, 3.63) is 25.3 Å². The van der Waals surface area contributed by atoms with Gasteiger partial charge in [0.15, 0.2) is 0 Å². The van der Waals surface area contributed by atoms with Crippen LogP contribution in [0.3, 0.4) is 0 Å². The fourth-order valence-electron chi connectivity index (χ4n) is 7.41. The number of nitrogens with one attached hydrogen (secondary N) is 1. The molecule has 4 rings (SSSR count). The first-order chi connectivity index (χ1) is 21.6. The molecule has 4 fully saturated rings. The smallest absolute Gasteiger partial charge is 0.312 e. The molecule has 3 amide bonds. The molecule has 4 aliphatic heterocycles. The number of carbonyl (C=O) groups excluding carboxylic acids is 4. The van der Waals surface area contributed by atoms with Crippen molar-refractivity contribution in [3.63, 3.8) is 0 Å². The lowest BCUT2D eigenvalue weighted by atomic mass is 9.70. The SMILES string of the molecule is C=CCCC(=O)NC[C@@H](C)OC(=O)[C@@H]1[C@@H]2CC[C@]3(O2)[C@H](C(=O)N(CC=C)CCN2CCOCC2)N([C@@H](CO)[C@@H](C)CC)C(=O)[C@@H]13. The van der Waals surface area contributed by atoms with Gasteiger partial charge < -0.3 is 34.4 Å². The third-order valence-corrected chi connectivity index (χ3v) is 10.0.